The standard InChI is InChI=1S/C8H14N2O2S2/c1-14(11,12)10-5-4-9-7-8-3-2-6-13-8/h2-3,6,9-10H,4-5,7H2,1H3. The van der Waals surface area contributed by atoms with E-state index in [1.54, 1.807) is 11.3 Å². The Morgan fingerprint density at radius 3 is 2.79 bits per heavy atom. The van der Waals surface area contributed by atoms with Gasteiger partial charge in [-0.3, -0.25) is 0 Å². The van der Waals surface area contributed by atoms with Crippen molar-refractivity contribution in [3.05, 3.63) is 22.4 Å². The summed E-state index contributed by atoms with van der Waals surface area (Å²) in [7, 11) is -3.05. The lowest BCUT2D eigenvalue weighted by Crippen LogP contribution is -2.30. The Bertz CT molecular complexity index is 345. The molecule has 0 fully saturated rings. The highest BCUT2D eigenvalue weighted by Gasteiger charge is 1.98. The topological polar surface area (TPSA) is 58.2 Å². The minimum atomic E-state index is -3.05. The summed E-state index contributed by atoms with van der Waals surface area (Å²) in [5, 5.41) is 5.16. The lowest BCUT2D eigenvalue weighted by Gasteiger charge is -2.03. The largest absolute Gasteiger partial charge is 0.311 e. The third-order valence-electron chi connectivity index (χ3n) is 1.55. The lowest BCUT2D eigenvalue weighted by molar-refractivity contribution is 0.582. The normalized spacial score (nSPS) is 11.8. The smallest absolute Gasteiger partial charge is 0.208 e. The van der Waals surface area contributed by atoms with Gasteiger partial charge >= 0.3 is 0 Å². The molecule has 0 unspecified atom stereocenters. The summed E-state index contributed by atoms with van der Waals surface area (Å²) in [6, 6.07) is 4.04. The summed E-state index contributed by atoms with van der Waals surface area (Å²) in [6.45, 7) is 1.87. The molecule has 1 aromatic rings. The molecule has 0 aromatic carbocycles. The predicted octanol–water partition coefficient (Wildman–Crippen LogP) is 0.387. The zero-order chi connectivity index (χ0) is 10.4. The van der Waals surface area contributed by atoms with Crippen LogP contribution in [0.4, 0.5) is 0 Å². The third-order valence-corrected chi connectivity index (χ3v) is 3.15. The predicted molar refractivity (Wildman–Crippen MR) is 58.9 cm³/mol. The molecule has 80 valence electrons. The number of sulfonamides is 1. The maximum atomic E-state index is 10.7. The average molecular weight is 234 g/mol. The highest BCUT2D eigenvalue weighted by atomic mass is 32.2. The molecule has 0 aliphatic heterocycles. The van der Waals surface area contributed by atoms with Crippen LogP contribution < -0.4 is 10.0 Å². The van der Waals surface area contributed by atoms with Crippen LogP contribution in [-0.4, -0.2) is 27.8 Å². The Morgan fingerprint density at radius 1 is 1.43 bits per heavy atom. The maximum Gasteiger partial charge on any atom is 0.208 e. The maximum absolute atomic E-state index is 10.7. The fraction of sp³-hybridized carbons (Fsp3) is 0.500. The van der Waals surface area contributed by atoms with Gasteiger partial charge < -0.3 is 5.32 Å². The molecular formula is C8H14N2O2S2. The first-order valence-electron chi connectivity index (χ1n) is 4.26. The van der Waals surface area contributed by atoms with Crippen molar-refractivity contribution in [2.24, 2.45) is 0 Å². The first-order valence-corrected chi connectivity index (χ1v) is 7.03. The second-order valence-corrected chi connectivity index (χ2v) is 5.79. The van der Waals surface area contributed by atoms with E-state index in [9.17, 15) is 8.42 Å². The fourth-order valence-electron chi connectivity index (χ4n) is 0.950. The molecule has 0 atom stereocenters. The summed E-state index contributed by atoms with van der Waals surface area (Å²) in [6.07, 6.45) is 1.16. The van der Waals surface area contributed by atoms with Gasteiger partial charge in [-0.25, -0.2) is 13.1 Å². The first kappa shape index (κ1) is 11.6. The van der Waals surface area contributed by atoms with Crippen molar-refractivity contribution in [3.8, 4) is 0 Å². The van der Waals surface area contributed by atoms with Crippen molar-refractivity contribution in [3.63, 3.8) is 0 Å². The van der Waals surface area contributed by atoms with Gasteiger partial charge in [0.2, 0.25) is 10.0 Å². The molecule has 0 amide bonds. The minimum absolute atomic E-state index is 0.435. The Kier molecular flexibility index (Phi) is 4.53. The molecule has 0 aliphatic carbocycles. The molecule has 0 radical (unpaired) electrons. The summed E-state index contributed by atoms with van der Waals surface area (Å²) in [4.78, 5) is 1.25. The number of nitrogens with one attached hydrogen (secondary N) is 2. The van der Waals surface area contributed by atoms with Crippen LogP contribution in [0.3, 0.4) is 0 Å². The van der Waals surface area contributed by atoms with Crippen molar-refractivity contribution in [2.75, 3.05) is 19.3 Å². The van der Waals surface area contributed by atoms with E-state index in [1.165, 1.54) is 4.88 Å². The highest BCUT2D eigenvalue weighted by molar-refractivity contribution is 7.88. The van der Waals surface area contributed by atoms with E-state index in [0.29, 0.717) is 13.1 Å². The van der Waals surface area contributed by atoms with E-state index in [0.717, 1.165) is 12.8 Å². The van der Waals surface area contributed by atoms with E-state index in [4.69, 9.17) is 0 Å². The Hall–Kier alpha value is -0.430. The molecule has 0 spiro atoms. The van der Waals surface area contributed by atoms with Crippen LogP contribution >= 0.6 is 11.3 Å². The molecular weight excluding hydrogens is 220 g/mol. The summed E-state index contributed by atoms with van der Waals surface area (Å²) in [5.74, 6) is 0. The molecule has 0 aliphatic rings. The van der Waals surface area contributed by atoms with E-state index in [2.05, 4.69) is 10.0 Å². The molecule has 4 nitrogen and oxygen atoms in total. The van der Waals surface area contributed by atoms with E-state index >= 15 is 0 Å². The van der Waals surface area contributed by atoms with Gasteiger partial charge in [0.1, 0.15) is 0 Å². The van der Waals surface area contributed by atoms with Crippen LogP contribution in [0.5, 0.6) is 0 Å². The molecule has 2 N–H and O–H groups in total. The summed E-state index contributed by atoms with van der Waals surface area (Å²) >= 11 is 1.69. The van der Waals surface area contributed by atoms with Crippen LogP contribution in [-0.2, 0) is 16.6 Å². The third kappa shape index (κ3) is 5.33. The van der Waals surface area contributed by atoms with Crippen LogP contribution in [0.2, 0.25) is 0 Å². The first-order chi connectivity index (χ1) is 6.58. The van der Waals surface area contributed by atoms with Gasteiger partial charge in [-0.05, 0) is 11.4 Å². The Balaban J connectivity index is 2.06. The van der Waals surface area contributed by atoms with Crippen molar-refractivity contribution in [1.29, 1.82) is 0 Å². The Morgan fingerprint density at radius 2 is 2.21 bits per heavy atom. The quantitative estimate of drug-likeness (QED) is 0.700. The van der Waals surface area contributed by atoms with Gasteiger partial charge in [-0.2, -0.15) is 0 Å². The van der Waals surface area contributed by atoms with E-state index < -0.39 is 10.0 Å². The van der Waals surface area contributed by atoms with E-state index in [1.807, 2.05) is 17.5 Å². The minimum Gasteiger partial charge on any atom is -0.311 e. The molecule has 14 heavy (non-hydrogen) atoms. The number of hydrogen-bond donors (Lipinski definition) is 2. The van der Waals surface area contributed by atoms with Gasteiger partial charge in [0, 0.05) is 24.5 Å². The lowest BCUT2D eigenvalue weighted by atomic mass is 10.4. The van der Waals surface area contributed by atoms with Crippen molar-refractivity contribution in [2.45, 2.75) is 6.54 Å². The summed E-state index contributed by atoms with van der Waals surface area (Å²) in [5.41, 5.74) is 0. The van der Waals surface area contributed by atoms with Gasteiger partial charge in [-0.1, -0.05) is 6.07 Å². The van der Waals surface area contributed by atoms with Crippen LogP contribution in [0.25, 0.3) is 0 Å². The van der Waals surface area contributed by atoms with Crippen molar-refractivity contribution in [1.82, 2.24) is 10.0 Å². The van der Waals surface area contributed by atoms with Gasteiger partial charge in [0.25, 0.3) is 0 Å². The monoisotopic (exact) mass is 234 g/mol. The van der Waals surface area contributed by atoms with Gasteiger partial charge in [-0.15, -0.1) is 11.3 Å². The zero-order valence-electron chi connectivity index (χ0n) is 7.99. The van der Waals surface area contributed by atoms with Crippen LogP contribution in [0.15, 0.2) is 17.5 Å². The highest BCUT2D eigenvalue weighted by Crippen LogP contribution is 2.06. The Labute approximate surface area is 88.4 Å². The SMILES string of the molecule is CS(=O)(=O)NCCNCc1cccs1. The average Bonchev–Trinajstić information content (AvgIpc) is 2.54. The van der Waals surface area contributed by atoms with Crippen LogP contribution in [0, 0.1) is 0 Å². The number of thiophene rings is 1. The molecule has 1 rings (SSSR count). The second kappa shape index (κ2) is 5.45. The van der Waals surface area contributed by atoms with Crippen molar-refractivity contribution < 1.29 is 8.42 Å². The fourth-order valence-corrected chi connectivity index (χ4v) is 2.10. The van der Waals surface area contributed by atoms with Gasteiger partial charge in [0.15, 0.2) is 0 Å². The number of rotatable bonds is 6. The zero-order valence-corrected chi connectivity index (χ0v) is 9.62. The molecule has 0 saturated carbocycles. The molecule has 1 heterocycles. The molecule has 6 heteroatoms. The molecule has 1 aromatic heterocycles. The van der Waals surface area contributed by atoms with Gasteiger partial charge in [0.05, 0.1) is 6.26 Å². The second-order valence-electron chi connectivity index (χ2n) is 2.92. The number of hydrogen-bond acceptors (Lipinski definition) is 4. The van der Waals surface area contributed by atoms with Crippen LogP contribution in [0.1, 0.15) is 4.88 Å². The molecule has 0 bridgehead atoms. The van der Waals surface area contributed by atoms with E-state index in [-0.39, 0.29) is 0 Å². The summed E-state index contributed by atoms with van der Waals surface area (Å²) < 4.78 is 23.8. The van der Waals surface area contributed by atoms with Crippen molar-refractivity contribution >= 4 is 21.4 Å². The molecule has 0 saturated heterocycles.